The summed E-state index contributed by atoms with van der Waals surface area (Å²) in [5, 5.41) is 6.04. The van der Waals surface area contributed by atoms with Crippen LogP contribution in [-0.4, -0.2) is 65.7 Å². The summed E-state index contributed by atoms with van der Waals surface area (Å²) in [7, 11) is 1.58. The number of rotatable bonds is 7. The fourth-order valence-corrected chi connectivity index (χ4v) is 4.03. The van der Waals surface area contributed by atoms with Gasteiger partial charge in [-0.05, 0) is 36.6 Å². The van der Waals surface area contributed by atoms with Crippen molar-refractivity contribution in [3.05, 3.63) is 47.2 Å². The molecular weight excluding hydrogens is 404 g/mol. The highest BCUT2D eigenvalue weighted by Gasteiger charge is 2.24. The van der Waals surface area contributed by atoms with Crippen LogP contribution in [0.1, 0.15) is 23.2 Å². The average molecular weight is 429 g/mol. The summed E-state index contributed by atoms with van der Waals surface area (Å²) in [5.41, 5.74) is 0.598. The summed E-state index contributed by atoms with van der Waals surface area (Å²) in [6.45, 7) is 5.81. The summed E-state index contributed by atoms with van der Waals surface area (Å²) >= 11 is 1.58. The number of carbonyl (C=O) groups excluding carboxylic acids is 1. The summed E-state index contributed by atoms with van der Waals surface area (Å²) < 4.78 is 16.3. The first kappa shape index (κ1) is 20.4. The van der Waals surface area contributed by atoms with Gasteiger partial charge in [0.1, 0.15) is 0 Å². The number of nitrogens with zero attached hydrogens (tertiary/aromatic N) is 4. The predicted octanol–water partition coefficient (Wildman–Crippen LogP) is 3.16. The molecule has 1 saturated heterocycles. The van der Waals surface area contributed by atoms with E-state index in [0.717, 1.165) is 18.0 Å². The molecule has 1 aliphatic rings. The van der Waals surface area contributed by atoms with E-state index in [-0.39, 0.29) is 5.91 Å². The first-order valence-electron chi connectivity index (χ1n) is 9.87. The summed E-state index contributed by atoms with van der Waals surface area (Å²) in [4.78, 5) is 22.4. The van der Waals surface area contributed by atoms with Gasteiger partial charge in [0.15, 0.2) is 11.5 Å². The molecule has 3 heterocycles. The Morgan fingerprint density at radius 1 is 1.20 bits per heavy atom. The number of benzene rings is 1. The van der Waals surface area contributed by atoms with E-state index < -0.39 is 0 Å². The highest BCUT2D eigenvalue weighted by Crippen LogP contribution is 2.29. The maximum absolute atomic E-state index is 12.9. The van der Waals surface area contributed by atoms with Crippen molar-refractivity contribution >= 4 is 17.2 Å². The minimum atomic E-state index is -0.00577. The number of aromatic nitrogens is 2. The van der Waals surface area contributed by atoms with Crippen LogP contribution in [0.25, 0.3) is 10.7 Å². The van der Waals surface area contributed by atoms with Crippen molar-refractivity contribution in [1.82, 2.24) is 19.9 Å². The van der Waals surface area contributed by atoms with Crippen LogP contribution in [0.2, 0.25) is 0 Å². The quantitative estimate of drug-likeness (QED) is 0.572. The molecule has 0 radical (unpaired) electrons. The van der Waals surface area contributed by atoms with Gasteiger partial charge in [-0.25, -0.2) is 0 Å². The van der Waals surface area contributed by atoms with Crippen molar-refractivity contribution in [2.45, 2.75) is 13.5 Å². The zero-order valence-electron chi connectivity index (χ0n) is 17.0. The number of hydrogen-bond donors (Lipinski definition) is 0. The molecule has 0 aliphatic carbocycles. The van der Waals surface area contributed by atoms with E-state index in [9.17, 15) is 4.79 Å². The van der Waals surface area contributed by atoms with Gasteiger partial charge in [-0.1, -0.05) is 11.2 Å². The molecule has 1 fully saturated rings. The Bertz CT molecular complexity index is 981. The van der Waals surface area contributed by atoms with Crippen LogP contribution in [0.15, 0.2) is 40.2 Å². The zero-order chi connectivity index (χ0) is 20.9. The van der Waals surface area contributed by atoms with Gasteiger partial charge in [0.05, 0.1) is 25.1 Å². The number of methoxy groups -OCH3 is 1. The number of carbonyl (C=O) groups is 1. The zero-order valence-corrected chi connectivity index (χ0v) is 17.9. The van der Waals surface area contributed by atoms with Crippen LogP contribution in [0.4, 0.5) is 0 Å². The average Bonchev–Trinajstić information content (AvgIpc) is 3.46. The Kier molecular flexibility index (Phi) is 6.29. The summed E-state index contributed by atoms with van der Waals surface area (Å²) in [6.07, 6.45) is 0. The molecule has 0 saturated carbocycles. The second kappa shape index (κ2) is 9.27. The van der Waals surface area contributed by atoms with E-state index in [1.807, 2.05) is 29.3 Å². The molecule has 9 heteroatoms. The normalized spacial score (nSPS) is 14.7. The van der Waals surface area contributed by atoms with E-state index in [2.05, 4.69) is 15.0 Å². The van der Waals surface area contributed by atoms with Gasteiger partial charge in [0, 0.05) is 31.7 Å². The first-order valence-corrected chi connectivity index (χ1v) is 10.7. The summed E-state index contributed by atoms with van der Waals surface area (Å²) in [5.74, 6) is 2.42. The van der Waals surface area contributed by atoms with Crippen LogP contribution in [0, 0.1) is 0 Å². The van der Waals surface area contributed by atoms with Crippen LogP contribution in [0.3, 0.4) is 0 Å². The molecule has 0 bridgehead atoms. The molecule has 1 aliphatic heterocycles. The van der Waals surface area contributed by atoms with Crippen molar-refractivity contribution in [2.75, 3.05) is 39.9 Å². The van der Waals surface area contributed by atoms with E-state index in [1.54, 1.807) is 36.6 Å². The van der Waals surface area contributed by atoms with Gasteiger partial charge < -0.3 is 18.9 Å². The van der Waals surface area contributed by atoms with Gasteiger partial charge in [-0.2, -0.15) is 4.98 Å². The molecule has 158 valence electrons. The van der Waals surface area contributed by atoms with Gasteiger partial charge in [-0.15, -0.1) is 11.3 Å². The second-order valence-corrected chi connectivity index (χ2v) is 7.80. The standard InChI is InChI=1S/C21H24N4O4S/c1-3-28-16-7-6-15(13-17(16)27-2)21(26)25-10-8-24(9-11-25)14-19-22-20(23-29-19)18-5-4-12-30-18/h4-7,12-13H,3,8-11,14H2,1-2H3. The number of piperazine rings is 1. The van der Waals surface area contributed by atoms with E-state index >= 15 is 0 Å². The maximum atomic E-state index is 12.9. The first-order chi connectivity index (χ1) is 14.7. The lowest BCUT2D eigenvalue weighted by atomic mass is 10.1. The molecule has 4 rings (SSSR count). The minimum Gasteiger partial charge on any atom is -0.493 e. The van der Waals surface area contributed by atoms with Gasteiger partial charge in [0.2, 0.25) is 11.7 Å². The van der Waals surface area contributed by atoms with Gasteiger partial charge >= 0.3 is 0 Å². The van der Waals surface area contributed by atoms with Crippen molar-refractivity contribution in [3.8, 4) is 22.2 Å². The molecule has 0 atom stereocenters. The lowest BCUT2D eigenvalue weighted by Gasteiger charge is -2.34. The van der Waals surface area contributed by atoms with Gasteiger partial charge in [-0.3, -0.25) is 9.69 Å². The van der Waals surface area contributed by atoms with Gasteiger partial charge in [0.25, 0.3) is 5.91 Å². The van der Waals surface area contributed by atoms with E-state index in [4.69, 9.17) is 14.0 Å². The Morgan fingerprint density at radius 3 is 2.73 bits per heavy atom. The Hall–Kier alpha value is -2.91. The Balaban J connectivity index is 1.33. The largest absolute Gasteiger partial charge is 0.493 e. The molecular formula is C21H24N4O4S. The number of amides is 1. The molecule has 8 nitrogen and oxygen atoms in total. The number of thiophene rings is 1. The molecule has 0 spiro atoms. The van der Waals surface area contributed by atoms with Crippen molar-refractivity contribution in [3.63, 3.8) is 0 Å². The van der Waals surface area contributed by atoms with Crippen LogP contribution < -0.4 is 9.47 Å². The van der Waals surface area contributed by atoms with Crippen LogP contribution in [0.5, 0.6) is 11.5 Å². The number of hydrogen-bond acceptors (Lipinski definition) is 8. The SMILES string of the molecule is CCOc1ccc(C(=O)N2CCN(Cc3nc(-c4cccs4)no3)CC2)cc1OC. The smallest absolute Gasteiger partial charge is 0.254 e. The molecule has 0 N–H and O–H groups in total. The fraction of sp³-hybridized carbons (Fsp3) is 0.381. The molecule has 30 heavy (non-hydrogen) atoms. The third-order valence-corrected chi connectivity index (χ3v) is 5.80. The minimum absolute atomic E-state index is 0.00577. The third kappa shape index (κ3) is 4.47. The highest BCUT2D eigenvalue weighted by molar-refractivity contribution is 7.13. The van der Waals surface area contributed by atoms with Crippen molar-refractivity contribution in [2.24, 2.45) is 0 Å². The van der Waals surface area contributed by atoms with Crippen molar-refractivity contribution in [1.29, 1.82) is 0 Å². The lowest BCUT2D eigenvalue weighted by Crippen LogP contribution is -2.48. The van der Waals surface area contributed by atoms with Crippen LogP contribution >= 0.6 is 11.3 Å². The third-order valence-electron chi connectivity index (χ3n) is 4.94. The molecule has 0 unspecified atom stereocenters. The topological polar surface area (TPSA) is 80.9 Å². The predicted molar refractivity (Wildman–Crippen MR) is 113 cm³/mol. The monoisotopic (exact) mass is 428 g/mol. The second-order valence-electron chi connectivity index (χ2n) is 6.86. The Labute approximate surface area is 179 Å². The lowest BCUT2D eigenvalue weighted by molar-refractivity contribution is 0.0614. The molecule has 1 aromatic carbocycles. The van der Waals surface area contributed by atoms with Crippen LogP contribution in [-0.2, 0) is 6.54 Å². The summed E-state index contributed by atoms with van der Waals surface area (Å²) in [6, 6.07) is 9.25. The fourth-order valence-electron chi connectivity index (χ4n) is 3.38. The van der Waals surface area contributed by atoms with E-state index in [0.29, 0.717) is 55.0 Å². The van der Waals surface area contributed by atoms with E-state index in [1.165, 1.54) is 0 Å². The molecule has 2 aromatic heterocycles. The Morgan fingerprint density at radius 2 is 2.03 bits per heavy atom. The number of ether oxygens (including phenoxy) is 2. The molecule has 1 amide bonds. The van der Waals surface area contributed by atoms with Crippen molar-refractivity contribution < 1.29 is 18.8 Å². The maximum Gasteiger partial charge on any atom is 0.254 e. The highest BCUT2D eigenvalue weighted by atomic mass is 32.1. The molecule has 3 aromatic rings.